The Morgan fingerprint density at radius 1 is 0.467 bits per heavy atom. The molecule has 136 valence electrons. The fraction of sp³-hybridized carbons (Fsp3) is 0.0769. The molecule has 0 saturated heterocycles. The summed E-state index contributed by atoms with van der Waals surface area (Å²) >= 11 is 0. The van der Waals surface area contributed by atoms with Crippen molar-refractivity contribution in [2.45, 2.75) is 13.8 Å². The zero-order valence-corrected chi connectivity index (χ0v) is 16.3. The van der Waals surface area contributed by atoms with Crippen molar-refractivity contribution in [1.29, 1.82) is 21.0 Å². The van der Waals surface area contributed by atoms with E-state index in [9.17, 15) is 21.0 Å². The molecule has 0 amide bonds. The van der Waals surface area contributed by atoms with Crippen molar-refractivity contribution in [3.63, 3.8) is 0 Å². The normalized spacial score (nSPS) is 10.9. The summed E-state index contributed by atoms with van der Waals surface area (Å²) in [6.45, 7) is 3.84. The molecule has 0 bridgehead atoms. The minimum Gasteiger partial charge on any atom is -0.192 e. The van der Waals surface area contributed by atoms with Crippen LogP contribution >= 0.6 is 0 Å². The van der Waals surface area contributed by atoms with Crippen LogP contribution in [0.5, 0.6) is 0 Å². The maximum absolute atomic E-state index is 9.93. The highest BCUT2D eigenvalue weighted by Crippen LogP contribution is 2.45. The van der Waals surface area contributed by atoms with Crippen molar-refractivity contribution in [2.75, 3.05) is 0 Å². The quantitative estimate of drug-likeness (QED) is 0.249. The van der Waals surface area contributed by atoms with Crippen LogP contribution in [0.2, 0.25) is 0 Å². The van der Waals surface area contributed by atoms with Gasteiger partial charge in [0.15, 0.2) is 0 Å². The molecule has 0 aliphatic heterocycles. The van der Waals surface area contributed by atoms with E-state index >= 15 is 0 Å². The summed E-state index contributed by atoms with van der Waals surface area (Å²) in [5.74, 6) is 0. The van der Waals surface area contributed by atoms with Crippen LogP contribution in [0.25, 0.3) is 43.1 Å². The average Bonchev–Trinajstić information content (AvgIpc) is 2.77. The molecule has 0 fully saturated rings. The predicted molar refractivity (Wildman–Crippen MR) is 116 cm³/mol. The van der Waals surface area contributed by atoms with E-state index in [1.807, 2.05) is 32.0 Å². The third kappa shape index (κ3) is 1.95. The largest absolute Gasteiger partial charge is 0.192 e. The molecule has 0 aliphatic rings. The molecule has 0 N–H and O–H groups in total. The molecule has 0 spiro atoms. The van der Waals surface area contributed by atoms with Gasteiger partial charge in [0.05, 0.1) is 46.5 Å². The first-order valence-corrected chi connectivity index (χ1v) is 9.37. The molecule has 0 radical (unpaired) electrons. The van der Waals surface area contributed by atoms with Gasteiger partial charge in [0.2, 0.25) is 0 Å². The second kappa shape index (κ2) is 5.93. The number of hydrogen-bond donors (Lipinski definition) is 0. The van der Waals surface area contributed by atoms with E-state index in [0.717, 1.165) is 54.2 Å². The molecule has 0 heterocycles. The van der Waals surface area contributed by atoms with Gasteiger partial charge in [-0.1, -0.05) is 18.2 Å². The lowest BCUT2D eigenvalue weighted by atomic mass is 9.82. The van der Waals surface area contributed by atoms with Gasteiger partial charge in [-0.15, -0.1) is 0 Å². The van der Waals surface area contributed by atoms with Crippen molar-refractivity contribution in [3.05, 3.63) is 69.8 Å². The van der Waals surface area contributed by atoms with Crippen LogP contribution in [0.1, 0.15) is 33.4 Å². The highest BCUT2D eigenvalue weighted by Gasteiger charge is 2.23. The first kappa shape index (κ1) is 17.5. The molecule has 4 nitrogen and oxygen atoms in total. The Morgan fingerprint density at radius 3 is 1.57 bits per heavy atom. The highest BCUT2D eigenvalue weighted by atomic mass is 14.3. The van der Waals surface area contributed by atoms with Gasteiger partial charge in [-0.2, -0.15) is 21.0 Å². The van der Waals surface area contributed by atoms with E-state index in [1.54, 1.807) is 18.2 Å². The first-order chi connectivity index (χ1) is 14.5. The smallest absolute Gasteiger partial charge is 0.0998 e. The lowest BCUT2D eigenvalue weighted by Crippen LogP contribution is -1.98. The van der Waals surface area contributed by atoms with E-state index in [0.29, 0.717) is 22.3 Å². The minimum atomic E-state index is 0.396. The Hall–Kier alpha value is -4.64. The summed E-state index contributed by atoms with van der Waals surface area (Å²) in [7, 11) is 0. The van der Waals surface area contributed by atoms with Gasteiger partial charge >= 0.3 is 0 Å². The number of nitrogens with zero attached hydrogens (tertiary/aromatic N) is 4. The van der Waals surface area contributed by atoms with Gasteiger partial charge in [-0.05, 0) is 59.3 Å². The molecule has 0 aliphatic carbocycles. The summed E-state index contributed by atoms with van der Waals surface area (Å²) < 4.78 is 0. The molecular weight excluding hydrogens is 368 g/mol. The summed E-state index contributed by atoms with van der Waals surface area (Å²) in [5.41, 5.74) is 3.67. The fourth-order valence-electron chi connectivity index (χ4n) is 4.84. The third-order valence-electron chi connectivity index (χ3n) is 5.99. The minimum absolute atomic E-state index is 0.396. The number of hydrogen-bond acceptors (Lipinski definition) is 4. The first-order valence-electron chi connectivity index (χ1n) is 9.37. The molecule has 30 heavy (non-hydrogen) atoms. The Balaban J connectivity index is 2.34. The zero-order chi connectivity index (χ0) is 21.2. The van der Waals surface area contributed by atoms with Crippen molar-refractivity contribution in [3.8, 4) is 24.3 Å². The average molecular weight is 380 g/mol. The number of benzene rings is 5. The van der Waals surface area contributed by atoms with Crippen LogP contribution in [-0.2, 0) is 0 Å². The Labute approximate surface area is 172 Å². The molecular formula is C26H12N4. The van der Waals surface area contributed by atoms with Crippen LogP contribution in [0.3, 0.4) is 0 Å². The molecule has 0 saturated carbocycles. The number of nitriles is 4. The van der Waals surface area contributed by atoms with Crippen molar-refractivity contribution in [2.24, 2.45) is 0 Å². The van der Waals surface area contributed by atoms with E-state index in [1.165, 1.54) is 0 Å². The summed E-state index contributed by atoms with van der Waals surface area (Å²) in [6, 6.07) is 20.1. The van der Waals surface area contributed by atoms with Crippen LogP contribution < -0.4 is 0 Å². The van der Waals surface area contributed by atoms with Gasteiger partial charge in [-0.3, -0.25) is 0 Å². The molecule has 0 atom stereocenters. The lowest BCUT2D eigenvalue weighted by molar-refractivity contribution is 1.45. The summed E-state index contributed by atoms with van der Waals surface area (Å²) in [4.78, 5) is 0. The molecule has 4 heteroatoms. The number of aryl methyl sites for hydroxylation is 2. The van der Waals surface area contributed by atoms with Crippen molar-refractivity contribution in [1.82, 2.24) is 0 Å². The SMILES string of the molecule is Cc1ccc2c3c(C#N)cc(C)c4c(C#N)cc(C#N)c(c5ccc(C#N)c1c25)c43. The molecule has 5 aromatic carbocycles. The topological polar surface area (TPSA) is 95.2 Å². The van der Waals surface area contributed by atoms with Crippen LogP contribution in [0.15, 0.2) is 36.4 Å². The number of fused-ring (bicyclic) bond motifs is 2. The van der Waals surface area contributed by atoms with Crippen LogP contribution in [0.4, 0.5) is 0 Å². The monoisotopic (exact) mass is 380 g/mol. The molecule has 0 aromatic heterocycles. The summed E-state index contributed by atoms with van der Waals surface area (Å²) in [5, 5.41) is 45.7. The predicted octanol–water partition coefficient (Wildman–Crippen LogP) is 5.84. The van der Waals surface area contributed by atoms with Crippen LogP contribution in [0, 0.1) is 59.2 Å². The lowest BCUT2D eigenvalue weighted by Gasteiger charge is -2.19. The van der Waals surface area contributed by atoms with Crippen molar-refractivity contribution >= 4 is 43.1 Å². The maximum atomic E-state index is 9.93. The highest BCUT2D eigenvalue weighted by molar-refractivity contribution is 6.36. The molecule has 5 aromatic rings. The van der Waals surface area contributed by atoms with Gasteiger partial charge in [-0.25, -0.2) is 0 Å². The van der Waals surface area contributed by atoms with E-state index in [2.05, 4.69) is 24.3 Å². The third-order valence-corrected chi connectivity index (χ3v) is 5.99. The van der Waals surface area contributed by atoms with Gasteiger partial charge in [0.25, 0.3) is 0 Å². The van der Waals surface area contributed by atoms with Gasteiger partial charge < -0.3 is 0 Å². The molecule has 5 rings (SSSR count). The van der Waals surface area contributed by atoms with E-state index < -0.39 is 0 Å². The maximum Gasteiger partial charge on any atom is 0.0998 e. The Kier molecular flexibility index (Phi) is 3.45. The van der Waals surface area contributed by atoms with E-state index in [-0.39, 0.29) is 0 Å². The van der Waals surface area contributed by atoms with Gasteiger partial charge in [0.1, 0.15) is 0 Å². The number of rotatable bonds is 0. The van der Waals surface area contributed by atoms with E-state index in [4.69, 9.17) is 0 Å². The fourth-order valence-corrected chi connectivity index (χ4v) is 4.84. The Morgan fingerprint density at radius 2 is 0.967 bits per heavy atom. The summed E-state index contributed by atoms with van der Waals surface area (Å²) in [6.07, 6.45) is 0. The molecule has 0 unspecified atom stereocenters. The van der Waals surface area contributed by atoms with Crippen molar-refractivity contribution < 1.29 is 0 Å². The van der Waals surface area contributed by atoms with Gasteiger partial charge in [0, 0.05) is 26.9 Å². The second-order valence-corrected chi connectivity index (χ2v) is 7.50. The second-order valence-electron chi connectivity index (χ2n) is 7.50. The Bertz CT molecular complexity index is 1730. The standard InChI is InChI=1S/C26H12N4/c1-13-3-5-19-23-16(10-28)7-14(2)22-17(11-29)8-18(12-30)24(26(22)23)20-6-4-15(9-27)21(13)25(19)20/h3-8H,1-2H3. The zero-order valence-electron chi connectivity index (χ0n) is 16.3. The van der Waals surface area contributed by atoms with Crippen LogP contribution in [-0.4, -0.2) is 0 Å².